The molecule has 1 amide bonds. The average molecular weight is 257 g/mol. The number of methoxy groups -OCH3 is 1. The van der Waals surface area contributed by atoms with Crippen molar-refractivity contribution in [1.82, 2.24) is 5.32 Å². The van der Waals surface area contributed by atoms with Crippen LogP contribution in [0.2, 0.25) is 0 Å². The van der Waals surface area contributed by atoms with E-state index in [1.54, 1.807) is 18.4 Å². The highest BCUT2D eigenvalue weighted by Crippen LogP contribution is 2.24. The number of nitrogens with one attached hydrogen (secondary N) is 1. The molecule has 0 saturated heterocycles. The minimum atomic E-state index is -0.109. The summed E-state index contributed by atoms with van der Waals surface area (Å²) in [5, 5.41) is 2.79. The normalized spacial score (nSPS) is 12.4. The molecule has 1 rings (SSSR count). The molecule has 4 nitrogen and oxygen atoms in total. The topological polar surface area (TPSA) is 47.6 Å². The van der Waals surface area contributed by atoms with Gasteiger partial charge in [-0.3, -0.25) is 4.79 Å². The fourth-order valence-electron chi connectivity index (χ4n) is 1.38. The predicted octanol–water partition coefficient (Wildman–Crippen LogP) is 1.90. The Kier molecular flexibility index (Phi) is 6.18. The second-order valence-electron chi connectivity index (χ2n) is 3.61. The van der Waals surface area contributed by atoms with Crippen LogP contribution in [0.1, 0.15) is 22.8 Å². The average Bonchev–Trinajstić information content (AvgIpc) is 2.74. The van der Waals surface area contributed by atoms with E-state index in [-0.39, 0.29) is 18.6 Å². The molecule has 1 N–H and O–H groups in total. The number of amides is 1. The van der Waals surface area contributed by atoms with E-state index < -0.39 is 0 Å². The minimum absolute atomic E-state index is 0.0840. The molecular formula is C12H19NO3S. The second kappa shape index (κ2) is 7.42. The maximum absolute atomic E-state index is 11.4. The van der Waals surface area contributed by atoms with Gasteiger partial charge in [0.05, 0.1) is 0 Å². The molecule has 5 heteroatoms. The Labute approximate surface area is 106 Å². The minimum Gasteiger partial charge on any atom is -0.374 e. The summed E-state index contributed by atoms with van der Waals surface area (Å²) < 4.78 is 10.4. The van der Waals surface area contributed by atoms with Crippen molar-refractivity contribution in [1.29, 1.82) is 0 Å². The zero-order valence-electron chi connectivity index (χ0n) is 10.5. The Hall–Kier alpha value is -0.910. The Morgan fingerprint density at radius 2 is 2.29 bits per heavy atom. The van der Waals surface area contributed by atoms with Gasteiger partial charge in [0.2, 0.25) is 5.91 Å². The molecule has 0 aliphatic heterocycles. The van der Waals surface area contributed by atoms with Crippen LogP contribution in [0, 0.1) is 6.92 Å². The van der Waals surface area contributed by atoms with E-state index in [1.165, 1.54) is 4.88 Å². The fraction of sp³-hybridized carbons (Fsp3) is 0.583. The SMILES string of the molecule is CCOCC(=O)NC[C@@H](OC)c1ccc(C)s1. The monoisotopic (exact) mass is 257 g/mol. The lowest BCUT2D eigenvalue weighted by molar-refractivity contribution is -0.126. The highest BCUT2D eigenvalue weighted by molar-refractivity contribution is 7.12. The van der Waals surface area contributed by atoms with Crippen molar-refractivity contribution in [3.05, 3.63) is 21.9 Å². The molecule has 0 aromatic carbocycles. The zero-order valence-corrected chi connectivity index (χ0v) is 11.3. The highest BCUT2D eigenvalue weighted by atomic mass is 32.1. The number of thiophene rings is 1. The van der Waals surface area contributed by atoms with E-state index in [1.807, 2.05) is 19.1 Å². The lowest BCUT2D eigenvalue weighted by Gasteiger charge is -2.14. The molecule has 1 aromatic heterocycles. The zero-order chi connectivity index (χ0) is 12.7. The maximum atomic E-state index is 11.4. The van der Waals surface area contributed by atoms with E-state index >= 15 is 0 Å². The van der Waals surface area contributed by atoms with Crippen molar-refractivity contribution >= 4 is 17.2 Å². The van der Waals surface area contributed by atoms with E-state index in [9.17, 15) is 4.79 Å². The highest BCUT2D eigenvalue weighted by Gasteiger charge is 2.13. The van der Waals surface area contributed by atoms with E-state index in [0.717, 1.165) is 4.88 Å². The predicted molar refractivity (Wildman–Crippen MR) is 68.3 cm³/mol. The molecule has 0 bridgehead atoms. The van der Waals surface area contributed by atoms with Crippen LogP contribution in [-0.2, 0) is 14.3 Å². The number of rotatable bonds is 7. The van der Waals surface area contributed by atoms with Crippen molar-refractivity contribution in [3.8, 4) is 0 Å². The largest absolute Gasteiger partial charge is 0.374 e. The van der Waals surface area contributed by atoms with Gasteiger partial charge in [-0.05, 0) is 26.0 Å². The summed E-state index contributed by atoms with van der Waals surface area (Å²) in [6.45, 7) is 5.04. The van der Waals surface area contributed by atoms with E-state index in [4.69, 9.17) is 9.47 Å². The molecule has 0 fully saturated rings. The van der Waals surface area contributed by atoms with Crippen molar-refractivity contribution in [2.75, 3.05) is 26.9 Å². The third kappa shape index (κ3) is 4.85. The Morgan fingerprint density at radius 1 is 1.53 bits per heavy atom. The van der Waals surface area contributed by atoms with Gasteiger partial charge < -0.3 is 14.8 Å². The molecule has 17 heavy (non-hydrogen) atoms. The van der Waals surface area contributed by atoms with Gasteiger partial charge in [0.25, 0.3) is 0 Å². The van der Waals surface area contributed by atoms with Gasteiger partial charge >= 0.3 is 0 Å². The molecule has 96 valence electrons. The van der Waals surface area contributed by atoms with Crippen LogP contribution in [0.4, 0.5) is 0 Å². The van der Waals surface area contributed by atoms with Gasteiger partial charge in [-0.1, -0.05) is 0 Å². The lowest BCUT2D eigenvalue weighted by Crippen LogP contribution is -2.31. The second-order valence-corrected chi connectivity index (χ2v) is 4.93. The molecule has 0 unspecified atom stereocenters. The van der Waals surface area contributed by atoms with Crippen molar-refractivity contribution in [2.24, 2.45) is 0 Å². The Bertz CT molecular complexity index is 351. The molecular weight excluding hydrogens is 238 g/mol. The van der Waals surface area contributed by atoms with Crippen LogP contribution in [0.3, 0.4) is 0 Å². The fourth-order valence-corrected chi connectivity index (χ4v) is 2.33. The Morgan fingerprint density at radius 3 is 2.82 bits per heavy atom. The molecule has 0 saturated carbocycles. The Balaban J connectivity index is 2.40. The van der Waals surface area contributed by atoms with Crippen LogP contribution < -0.4 is 5.32 Å². The van der Waals surface area contributed by atoms with Gasteiger partial charge in [0, 0.05) is 30.0 Å². The lowest BCUT2D eigenvalue weighted by atomic mass is 10.3. The number of hydrogen-bond donors (Lipinski definition) is 1. The van der Waals surface area contributed by atoms with Crippen LogP contribution in [0.5, 0.6) is 0 Å². The number of hydrogen-bond acceptors (Lipinski definition) is 4. The molecule has 1 heterocycles. The third-order valence-electron chi connectivity index (χ3n) is 2.28. The number of ether oxygens (including phenoxy) is 2. The van der Waals surface area contributed by atoms with E-state index in [2.05, 4.69) is 12.2 Å². The van der Waals surface area contributed by atoms with Crippen molar-refractivity contribution in [2.45, 2.75) is 20.0 Å². The summed E-state index contributed by atoms with van der Waals surface area (Å²) >= 11 is 1.68. The van der Waals surface area contributed by atoms with Crippen LogP contribution in [0.25, 0.3) is 0 Å². The summed E-state index contributed by atoms with van der Waals surface area (Å²) in [5.41, 5.74) is 0. The molecule has 0 spiro atoms. The van der Waals surface area contributed by atoms with E-state index in [0.29, 0.717) is 13.2 Å². The van der Waals surface area contributed by atoms with Gasteiger partial charge in [-0.15, -0.1) is 11.3 Å². The quantitative estimate of drug-likeness (QED) is 0.811. The number of aryl methyl sites for hydroxylation is 1. The van der Waals surface area contributed by atoms with Gasteiger partial charge in [0.15, 0.2) is 0 Å². The van der Waals surface area contributed by atoms with Gasteiger partial charge in [-0.25, -0.2) is 0 Å². The van der Waals surface area contributed by atoms with Gasteiger partial charge in [-0.2, -0.15) is 0 Å². The van der Waals surface area contributed by atoms with Gasteiger partial charge in [0.1, 0.15) is 12.7 Å². The summed E-state index contributed by atoms with van der Waals surface area (Å²) in [6.07, 6.45) is -0.0840. The molecule has 0 aliphatic rings. The first-order valence-corrected chi connectivity index (χ1v) is 6.42. The summed E-state index contributed by atoms with van der Waals surface area (Å²) in [4.78, 5) is 13.7. The summed E-state index contributed by atoms with van der Waals surface area (Å²) in [7, 11) is 1.65. The summed E-state index contributed by atoms with van der Waals surface area (Å²) in [5.74, 6) is -0.109. The number of carbonyl (C=O) groups is 1. The smallest absolute Gasteiger partial charge is 0.246 e. The molecule has 0 radical (unpaired) electrons. The first kappa shape index (κ1) is 14.2. The maximum Gasteiger partial charge on any atom is 0.246 e. The first-order valence-electron chi connectivity index (χ1n) is 5.61. The first-order chi connectivity index (χ1) is 8.17. The molecule has 1 atom stereocenters. The molecule has 0 aliphatic carbocycles. The summed E-state index contributed by atoms with van der Waals surface area (Å²) in [6, 6.07) is 4.08. The molecule has 1 aromatic rings. The van der Waals surface area contributed by atoms with Crippen LogP contribution in [0.15, 0.2) is 12.1 Å². The van der Waals surface area contributed by atoms with Crippen LogP contribution in [-0.4, -0.2) is 32.8 Å². The number of carbonyl (C=O) groups excluding carboxylic acids is 1. The van der Waals surface area contributed by atoms with Crippen molar-refractivity contribution < 1.29 is 14.3 Å². The third-order valence-corrected chi connectivity index (χ3v) is 3.38. The van der Waals surface area contributed by atoms with Crippen molar-refractivity contribution in [3.63, 3.8) is 0 Å². The van der Waals surface area contributed by atoms with Crippen LogP contribution >= 0.6 is 11.3 Å². The standard InChI is InChI=1S/C12H19NO3S/c1-4-16-8-12(14)13-7-10(15-3)11-6-5-9(2)17-11/h5-6,10H,4,7-8H2,1-3H3,(H,13,14)/t10-/m1/s1.